The third-order valence-electron chi connectivity index (χ3n) is 0.621. The van der Waals surface area contributed by atoms with E-state index in [0.717, 1.165) is 0 Å². The van der Waals surface area contributed by atoms with E-state index in [9.17, 15) is 4.79 Å². The van der Waals surface area contributed by atoms with E-state index in [1.807, 2.05) is 0 Å². The Morgan fingerprint density at radius 3 is 2.71 bits per heavy atom. The highest BCUT2D eigenvalue weighted by atomic mass is 16.1. The molecule has 0 spiro atoms. The zero-order chi connectivity index (χ0) is 5.70. The molecule has 0 aliphatic carbocycles. The van der Waals surface area contributed by atoms with E-state index in [1.165, 1.54) is 6.92 Å². The van der Waals surface area contributed by atoms with Crippen LogP contribution in [0.1, 0.15) is 6.92 Å². The summed E-state index contributed by atoms with van der Waals surface area (Å²) >= 11 is 0. The van der Waals surface area contributed by atoms with Gasteiger partial charge < -0.3 is 4.79 Å². The van der Waals surface area contributed by atoms with Crippen LogP contribution in [-0.2, 0) is 4.79 Å². The lowest BCUT2D eigenvalue weighted by atomic mass is 9.75. The van der Waals surface area contributed by atoms with Gasteiger partial charge >= 0.3 is 0 Å². The molecule has 2 heteroatoms. The Kier molecular flexibility index (Phi) is 3.13. The highest BCUT2D eigenvalue weighted by molar-refractivity contribution is 6.50. The minimum Gasteiger partial charge on any atom is -0.301 e. The second-order valence-corrected chi connectivity index (χ2v) is 1.41. The number of hydrogen-bond donors (Lipinski definition) is 0. The third-order valence-corrected chi connectivity index (χ3v) is 0.621. The minimum atomic E-state index is 0.165. The van der Waals surface area contributed by atoms with Gasteiger partial charge in [-0.1, -0.05) is 0 Å². The molecule has 0 bridgehead atoms. The van der Waals surface area contributed by atoms with Crippen LogP contribution in [0.4, 0.5) is 0 Å². The van der Waals surface area contributed by atoms with Gasteiger partial charge in [0, 0.05) is 0 Å². The summed E-state index contributed by atoms with van der Waals surface area (Å²) in [5.74, 6) is 2.54. The van der Waals surface area contributed by atoms with Gasteiger partial charge in [-0.15, -0.1) is 6.42 Å². The van der Waals surface area contributed by atoms with Crippen molar-refractivity contribution >= 4 is 13.1 Å². The molecule has 7 heavy (non-hydrogen) atoms. The van der Waals surface area contributed by atoms with Crippen LogP contribution in [0.15, 0.2) is 0 Å². The number of terminal acetylenes is 1. The summed E-state index contributed by atoms with van der Waals surface area (Å²) in [6, 6.07) is 0. The lowest BCUT2D eigenvalue weighted by molar-refractivity contribution is -0.114. The molecule has 0 fully saturated rings. The summed E-state index contributed by atoms with van der Waals surface area (Å²) in [5.41, 5.74) is 0. The molecule has 0 unspecified atom stereocenters. The zero-order valence-electron chi connectivity index (χ0n) is 4.40. The number of carbonyl (C=O) groups excluding carboxylic acids is 1. The first-order chi connectivity index (χ1) is 3.27. The average molecular weight is 93.9 g/mol. The predicted octanol–water partition coefficient (Wildman–Crippen LogP) is 0.0209. The van der Waals surface area contributed by atoms with Crippen LogP contribution in [0.5, 0.6) is 0 Å². The van der Waals surface area contributed by atoms with E-state index < -0.39 is 0 Å². The lowest BCUT2D eigenvalue weighted by Crippen LogP contribution is -1.93. The number of Topliss-reactive ketones (excluding diaryl/α,β-unsaturated/α-hetero) is 1. The van der Waals surface area contributed by atoms with Crippen LogP contribution in [0.25, 0.3) is 0 Å². The van der Waals surface area contributed by atoms with Crippen molar-refractivity contribution in [3.8, 4) is 12.2 Å². The highest BCUT2D eigenvalue weighted by Gasteiger charge is 1.88. The van der Waals surface area contributed by atoms with E-state index in [4.69, 9.17) is 6.42 Å². The Balaban J connectivity index is 3.02. The van der Waals surface area contributed by atoms with Crippen LogP contribution < -0.4 is 0 Å². The smallest absolute Gasteiger partial charge is 0.220 e. The van der Waals surface area contributed by atoms with Crippen molar-refractivity contribution in [3.05, 3.63) is 0 Å². The molecule has 0 aromatic heterocycles. The Labute approximate surface area is 44.3 Å². The molecule has 0 radical (unpaired) electrons. The minimum absolute atomic E-state index is 0.165. The van der Waals surface area contributed by atoms with E-state index >= 15 is 0 Å². The predicted molar refractivity (Wildman–Crippen MR) is 31.5 cm³/mol. The molecule has 0 aromatic carbocycles. The van der Waals surface area contributed by atoms with Gasteiger partial charge in [0.15, 0.2) is 0 Å². The quantitative estimate of drug-likeness (QED) is 0.348. The first-order valence-corrected chi connectivity index (χ1v) is 2.20. The molecule has 0 saturated carbocycles. The molecular formula is C5H7BO. The van der Waals surface area contributed by atoms with Crippen molar-refractivity contribution in [3.63, 3.8) is 0 Å². The highest BCUT2D eigenvalue weighted by Crippen LogP contribution is 1.76. The van der Waals surface area contributed by atoms with Crippen LogP contribution in [0.3, 0.4) is 0 Å². The van der Waals surface area contributed by atoms with Crippen molar-refractivity contribution in [1.29, 1.82) is 0 Å². The van der Waals surface area contributed by atoms with Gasteiger partial charge in [0.25, 0.3) is 0 Å². The Morgan fingerprint density at radius 1 is 2.00 bits per heavy atom. The molecule has 36 valence electrons. The summed E-state index contributed by atoms with van der Waals surface area (Å²) < 4.78 is 0. The maximum atomic E-state index is 10.1. The summed E-state index contributed by atoms with van der Waals surface area (Å²) in [4.78, 5) is 10.1. The van der Waals surface area contributed by atoms with Gasteiger partial charge in [-0.3, -0.25) is 0 Å². The average Bonchev–Trinajstić information content (AvgIpc) is 1.61. The van der Waals surface area contributed by atoms with E-state index in [-0.39, 0.29) is 5.78 Å². The maximum Gasteiger partial charge on any atom is 0.220 e. The zero-order valence-corrected chi connectivity index (χ0v) is 4.40. The summed E-state index contributed by atoms with van der Waals surface area (Å²) in [6.45, 7) is 1.54. The van der Waals surface area contributed by atoms with Crippen LogP contribution >= 0.6 is 0 Å². The molecular weight excluding hydrogens is 86.9 g/mol. The molecule has 0 aromatic rings. The van der Waals surface area contributed by atoms with Gasteiger partial charge in [0.05, 0.1) is 0 Å². The molecule has 0 N–H and O–H groups in total. The largest absolute Gasteiger partial charge is 0.301 e. The molecule has 0 rings (SSSR count). The van der Waals surface area contributed by atoms with Crippen LogP contribution in [0.2, 0.25) is 6.32 Å². The number of ketones is 1. The van der Waals surface area contributed by atoms with Gasteiger partial charge in [-0.05, 0) is 13.2 Å². The normalized spacial score (nSPS) is 6.86. The lowest BCUT2D eigenvalue weighted by Gasteiger charge is -1.78. The van der Waals surface area contributed by atoms with Gasteiger partial charge in [-0.25, -0.2) is 0 Å². The second-order valence-electron chi connectivity index (χ2n) is 1.41. The van der Waals surface area contributed by atoms with E-state index in [1.54, 1.807) is 0 Å². The first kappa shape index (κ1) is 6.29. The summed E-state index contributed by atoms with van der Waals surface area (Å²) in [5, 5.41) is 0. The summed E-state index contributed by atoms with van der Waals surface area (Å²) in [6.07, 6.45) is 5.40. The molecule has 0 atom stereocenters. The van der Waals surface area contributed by atoms with Gasteiger partial charge in [0.1, 0.15) is 5.78 Å². The standard InChI is InChI=1S/C5H7BO/c1-3-6-4-5(2)7/h1,6H,4H2,2H3. The fraction of sp³-hybridized carbons (Fsp3) is 0.400. The molecule has 0 aliphatic rings. The van der Waals surface area contributed by atoms with Crippen molar-refractivity contribution in [2.75, 3.05) is 0 Å². The Morgan fingerprint density at radius 2 is 2.57 bits per heavy atom. The van der Waals surface area contributed by atoms with Crippen LogP contribution in [-0.4, -0.2) is 13.1 Å². The van der Waals surface area contributed by atoms with Gasteiger partial charge in [0.2, 0.25) is 7.28 Å². The molecule has 0 saturated heterocycles. The fourth-order valence-electron chi connectivity index (χ4n) is 0.248. The topological polar surface area (TPSA) is 17.1 Å². The first-order valence-electron chi connectivity index (χ1n) is 2.20. The maximum absolute atomic E-state index is 10.1. The van der Waals surface area contributed by atoms with Crippen molar-refractivity contribution in [1.82, 2.24) is 0 Å². The van der Waals surface area contributed by atoms with E-state index in [2.05, 4.69) is 5.82 Å². The van der Waals surface area contributed by atoms with E-state index in [0.29, 0.717) is 13.6 Å². The van der Waals surface area contributed by atoms with Crippen molar-refractivity contribution in [2.24, 2.45) is 0 Å². The Bertz CT molecular complexity index is 101. The Hall–Kier alpha value is -0.705. The van der Waals surface area contributed by atoms with Crippen molar-refractivity contribution in [2.45, 2.75) is 13.2 Å². The number of hydrogen-bond acceptors (Lipinski definition) is 1. The van der Waals surface area contributed by atoms with Gasteiger partial charge in [-0.2, -0.15) is 5.82 Å². The monoisotopic (exact) mass is 94.1 g/mol. The summed E-state index contributed by atoms with van der Waals surface area (Å²) in [7, 11) is 0.579. The molecule has 0 heterocycles. The number of carbonyl (C=O) groups is 1. The molecule has 1 nitrogen and oxygen atoms in total. The van der Waals surface area contributed by atoms with Crippen LogP contribution in [0, 0.1) is 12.2 Å². The number of rotatable bonds is 2. The third kappa shape index (κ3) is 5.29. The second kappa shape index (κ2) is 3.48. The van der Waals surface area contributed by atoms with Crippen molar-refractivity contribution < 1.29 is 4.79 Å². The molecule has 0 aliphatic heterocycles. The molecule has 0 amide bonds. The fourth-order valence-corrected chi connectivity index (χ4v) is 0.248. The SMILES string of the molecule is C#CBCC(C)=O.